The predicted octanol–water partition coefficient (Wildman–Crippen LogP) is 2.72. The van der Waals surface area contributed by atoms with Crippen LogP contribution < -0.4 is 10.2 Å². The van der Waals surface area contributed by atoms with E-state index in [2.05, 4.69) is 44.3 Å². The number of thioether (sulfide) groups is 1. The topological polar surface area (TPSA) is 15.3 Å². The van der Waals surface area contributed by atoms with Gasteiger partial charge in [0, 0.05) is 34.3 Å². The fourth-order valence-electron chi connectivity index (χ4n) is 2.50. The van der Waals surface area contributed by atoms with E-state index in [4.69, 9.17) is 0 Å². The molecule has 0 bridgehead atoms. The van der Waals surface area contributed by atoms with E-state index in [1.54, 1.807) is 0 Å². The molecule has 1 aromatic carbocycles. The Morgan fingerprint density at radius 1 is 1.44 bits per heavy atom. The first-order chi connectivity index (χ1) is 7.84. The zero-order valence-corrected chi connectivity index (χ0v) is 11.5. The number of rotatable bonds is 1. The number of anilines is 1. The first-order valence-corrected chi connectivity index (χ1v) is 7.52. The summed E-state index contributed by atoms with van der Waals surface area (Å²) in [5, 5.41) is 3.45. The van der Waals surface area contributed by atoms with Crippen LogP contribution in [0.3, 0.4) is 0 Å². The Bertz CT molecular complexity index is 391. The number of nitrogens with zero attached hydrogens (tertiary/aromatic N) is 1. The van der Waals surface area contributed by atoms with Crippen molar-refractivity contribution in [1.82, 2.24) is 5.32 Å². The van der Waals surface area contributed by atoms with Crippen LogP contribution in [-0.4, -0.2) is 31.4 Å². The molecule has 1 atom stereocenters. The van der Waals surface area contributed by atoms with Gasteiger partial charge in [-0.05, 0) is 31.2 Å². The SMILES string of the molecule is Brc1ccc2c(c1)SCCN2C1CCNC1. The smallest absolute Gasteiger partial charge is 0.0508 e. The van der Waals surface area contributed by atoms with Crippen molar-refractivity contribution in [3.63, 3.8) is 0 Å². The van der Waals surface area contributed by atoms with Crippen LogP contribution in [0.4, 0.5) is 5.69 Å². The Hall–Kier alpha value is -0.190. The molecule has 0 amide bonds. The van der Waals surface area contributed by atoms with Crippen LogP contribution in [0.2, 0.25) is 0 Å². The van der Waals surface area contributed by atoms with E-state index in [-0.39, 0.29) is 0 Å². The largest absolute Gasteiger partial charge is 0.365 e. The lowest BCUT2D eigenvalue weighted by atomic mass is 10.2. The minimum absolute atomic E-state index is 0.695. The second-order valence-corrected chi connectivity index (χ2v) is 6.35. The summed E-state index contributed by atoms with van der Waals surface area (Å²) in [6.07, 6.45) is 1.28. The van der Waals surface area contributed by atoms with E-state index in [9.17, 15) is 0 Å². The summed E-state index contributed by atoms with van der Waals surface area (Å²) in [5.74, 6) is 1.21. The third-order valence-electron chi connectivity index (χ3n) is 3.30. The van der Waals surface area contributed by atoms with Crippen LogP contribution in [0.15, 0.2) is 27.6 Å². The molecule has 2 nitrogen and oxygen atoms in total. The van der Waals surface area contributed by atoms with Gasteiger partial charge in [-0.1, -0.05) is 15.9 Å². The van der Waals surface area contributed by atoms with Gasteiger partial charge in [0.25, 0.3) is 0 Å². The molecule has 0 radical (unpaired) electrons. The van der Waals surface area contributed by atoms with E-state index < -0.39 is 0 Å². The third kappa shape index (κ3) is 1.98. The molecule has 4 heteroatoms. The van der Waals surface area contributed by atoms with E-state index in [1.165, 1.54) is 40.3 Å². The molecule has 1 aromatic rings. The number of hydrogen-bond donors (Lipinski definition) is 1. The van der Waals surface area contributed by atoms with Crippen LogP contribution in [0, 0.1) is 0 Å². The van der Waals surface area contributed by atoms with Crippen molar-refractivity contribution in [2.24, 2.45) is 0 Å². The van der Waals surface area contributed by atoms with Gasteiger partial charge in [0.15, 0.2) is 0 Å². The minimum atomic E-state index is 0.695. The van der Waals surface area contributed by atoms with Crippen molar-refractivity contribution >= 4 is 33.4 Å². The summed E-state index contributed by atoms with van der Waals surface area (Å²) < 4.78 is 1.19. The van der Waals surface area contributed by atoms with Crippen molar-refractivity contribution in [2.45, 2.75) is 17.4 Å². The molecule has 1 N–H and O–H groups in total. The summed E-state index contributed by atoms with van der Waals surface area (Å²) in [5.41, 5.74) is 1.42. The molecular weight excluding hydrogens is 284 g/mol. The maximum atomic E-state index is 3.55. The van der Waals surface area contributed by atoms with Crippen molar-refractivity contribution in [2.75, 3.05) is 30.3 Å². The average molecular weight is 299 g/mol. The molecule has 2 aliphatic rings. The van der Waals surface area contributed by atoms with Crippen molar-refractivity contribution in [3.05, 3.63) is 22.7 Å². The van der Waals surface area contributed by atoms with Crippen LogP contribution in [0.5, 0.6) is 0 Å². The second kappa shape index (κ2) is 4.59. The monoisotopic (exact) mass is 298 g/mol. The van der Waals surface area contributed by atoms with Gasteiger partial charge in [0.05, 0.1) is 5.69 Å². The molecule has 0 aliphatic carbocycles. The van der Waals surface area contributed by atoms with E-state index >= 15 is 0 Å². The highest BCUT2D eigenvalue weighted by molar-refractivity contribution is 9.10. The predicted molar refractivity (Wildman–Crippen MR) is 73.5 cm³/mol. The second-order valence-electron chi connectivity index (χ2n) is 4.30. The highest BCUT2D eigenvalue weighted by atomic mass is 79.9. The zero-order chi connectivity index (χ0) is 11.0. The molecule has 2 heterocycles. The fourth-order valence-corrected chi connectivity index (χ4v) is 4.06. The van der Waals surface area contributed by atoms with Crippen LogP contribution in [0.1, 0.15) is 6.42 Å². The summed E-state index contributed by atoms with van der Waals surface area (Å²) in [4.78, 5) is 4.01. The molecule has 0 aromatic heterocycles. The van der Waals surface area contributed by atoms with Crippen molar-refractivity contribution in [3.8, 4) is 0 Å². The lowest BCUT2D eigenvalue weighted by Gasteiger charge is -2.35. The van der Waals surface area contributed by atoms with Gasteiger partial charge in [-0.25, -0.2) is 0 Å². The highest BCUT2D eigenvalue weighted by Crippen LogP contribution is 2.38. The quantitative estimate of drug-likeness (QED) is 0.858. The molecule has 3 rings (SSSR count). The maximum Gasteiger partial charge on any atom is 0.0508 e. The summed E-state index contributed by atoms with van der Waals surface area (Å²) in [6.45, 7) is 3.49. The molecular formula is C12H15BrN2S. The summed E-state index contributed by atoms with van der Waals surface area (Å²) in [6, 6.07) is 7.35. The van der Waals surface area contributed by atoms with Crippen LogP contribution in [0.25, 0.3) is 0 Å². The molecule has 2 aliphatic heterocycles. The Labute approximate surface area is 109 Å². The molecule has 86 valence electrons. The Kier molecular flexibility index (Phi) is 3.14. The lowest BCUT2D eigenvalue weighted by molar-refractivity contribution is 0.642. The normalized spacial score (nSPS) is 24.6. The first-order valence-electron chi connectivity index (χ1n) is 5.74. The molecule has 1 saturated heterocycles. The van der Waals surface area contributed by atoms with Gasteiger partial charge in [-0.2, -0.15) is 0 Å². The molecule has 0 saturated carbocycles. The van der Waals surface area contributed by atoms with Gasteiger partial charge < -0.3 is 10.2 Å². The Balaban J connectivity index is 1.93. The van der Waals surface area contributed by atoms with Crippen LogP contribution >= 0.6 is 27.7 Å². The van der Waals surface area contributed by atoms with E-state index in [1.807, 2.05) is 11.8 Å². The van der Waals surface area contributed by atoms with E-state index in [0.29, 0.717) is 6.04 Å². The Morgan fingerprint density at radius 3 is 3.19 bits per heavy atom. The Morgan fingerprint density at radius 2 is 2.38 bits per heavy atom. The number of hydrogen-bond acceptors (Lipinski definition) is 3. The number of nitrogens with one attached hydrogen (secondary N) is 1. The lowest BCUT2D eigenvalue weighted by Crippen LogP contribution is -2.40. The maximum absolute atomic E-state index is 3.55. The van der Waals surface area contributed by atoms with Gasteiger partial charge in [0.2, 0.25) is 0 Å². The highest BCUT2D eigenvalue weighted by Gasteiger charge is 2.26. The molecule has 1 unspecified atom stereocenters. The fraction of sp³-hybridized carbons (Fsp3) is 0.500. The van der Waals surface area contributed by atoms with E-state index in [0.717, 1.165) is 6.54 Å². The molecule has 0 spiro atoms. The minimum Gasteiger partial charge on any atom is -0.365 e. The molecule has 1 fully saturated rings. The summed E-state index contributed by atoms with van der Waals surface area (Å²) >= 11 is 5.52. The third-order valence-corrected chi connectivity index (χ3v) is 4.81. The number of fused-ring (bicyclic) bond motifs is 1. The van der Waals surface area contributed by atoms with Gasteiger partial charge >= 0.3 is 0 Å². The standard InChI is InChI=1S/C12H15BrN2S/c13-9-1-2-11-12(7-9)16-6-5-15(11)10-3-4-14-8-10/h1-2,7,10,14H,3-6,8H2. The van der Waals surface area contributed by atoms with Gasteiger partial charge in [0.1, 0.15) is 0 Å². The zero-order valence-electron chi connectivity index (χ0n) is 9.08. The number of halogens is 1. The molecule has 16 heavy (non-hydrogen) atoms. The first kappa shape index (κ1) is 10.9. The average Bonchev–Trinajstić information content (AvgIpc) is 2.81. The van der Waals surface area contributed by atoms with Crippen molar-refractivity contribution in [1.29, 1.82) is 0 Å². The number of benzene rings is 1. The van der Waals surface area contributed by atoms with Crippen LogP contribution in [-0.2, 0) is 0 Å². The van der Waals surface area contributed by atoms with Gasteiger partial charge in [-0.3, -0.25) is 0 Å². The van der Waals surface area contributed by atoms with Gasteiger partial charge in [-0.15, -0.1) is 11.8 Å². The summed E-state index contributed by atoms with van der Waals surface area (Å²) in [7, 11) is 0. The van der Waals surface area contributed by atoms with Crippen molar-refractivity contribution < 1.29 is 0 Å².